The van der Waals surface area contributed by atoms with Gasteiger partial charge in [-0.25, -0.2) is 8.42 Å². The summed E-state index contributed by atoms with van der Waals surface area (Å²) in [5.74, 6) is 0. The third kappa shape index (κ3) is 4.33. The topological polar surface area (TPSA) is 82.8 Å². The van der Waals surface area contributed by atoms with Gasteiger partial charge in [-0.15, -0.1) is 0 Å². The number of rotatable bonds is 8. The first-order valence-corrected chi connectivity index (χ1v) is 11.7. The molecule has 0 spiro atoms. The first kappa shape index (κ1) is 21.8. The SMILES string of the molecule is O=S(=O)(c1ccc(Cl)cc1)N(CCO)CC(O)Cn1c2ccccc2c2ccccc21. The molecule has 4 rings (SSSR count). The van der Waals surface area contributed by atoms with Gasteiger partial charge in [0.05, 0.1) is 24.2 Å². The number of sulfonamides is 1. The molecule has 0 aliphatic rings. The van der Waals surface area contributed by atoms with E-state index in [1.54, 1.807) is 0 Å². The third-order valence-electron chi connectivity index (χ3n) is 5.29. The van der Waals surface area contributed by atoms with E-state index in [0.29, 0.717) is 5.02 Å². The van der Waals surface area contributed by atoms with E-state index in [1.165, 1.54) is 24.3 Å². The minimum atomic E-state index is -3.89. The molecule has 0 bridgehead atoms. The fourth-order valence-corrected chi connectivity index (χ4v) is 5.47. The van der Waals surface area contributed by atoms with Crippen LogP contribution in [-0.2, 0) is 16.6 Å². The van der Waals surface area contributed by atoms with Crippen LogP contribution < -0.4 is 0 Å². The highest BCUT2D eigenvalue weighted by atomic mass is 35.5. The monoisotopic (exact) mass is 458 g/mol. The zero-order valence-corrected chi connectivity index (χ0v) is 18.3. The largest absolute Gasteiger partial charge is 0.395 e. The second-order valence-electron chi connectivity index (χ2n) is 7.34. The van der Waals surface area contributed by atoms with Gasteiger partial charge in [-0.05, 0) is 36.4 Å². The van der Waals surface area contributed by atoms with Crippen LogP contribution in [0.25, 0.3) is 21.8 Å². The molecule has 1 unspecified atom stereocenters. The summed E-state index contributed by atoms with van der Waals surface area (Å²) in [5.41, 5.74) is 1.94. The van der Waals surface area contributed by atoms with E-state index in [4.69, 9.17) is 11.6 Å². The molecule has 6 nitrogen and oxygen atoms in total. The van der Waals surface area contributed by atoms with Crippen molar-refractivity contribution in [1.29, 1.82) is 0 Å². The smallest absolute Gasteiger partial charge is 0.243 e. The molecule has 1 heterocycles. The lowest BCUT2D eigenvalue weighted by molar-refractivity contribution is 0.123. The number of benzene rings is 3. The van der Waals surface area contributed by atoms with E-state index in [9.17, 15) is 18.6 Å². The number of aliphatic hydroxyl groups excluding tert-OH is 2. The van der Waals surface area contributed by atoms with Gasteiger partial charge in [0.1, 0.15) is 0 Å². The summed E-state index contributed by atoms with van der Waals surface area (Å²) in [5, 5.41) is 22.9. The third-order valence-corrected chi connectivity index (χ3v) is 7.42. The average Bonchev–Trinajstić information content (AvgIpc) is 3.08. The summed E-state index contributed by atoms with van der Waals surface area (Å²) in [4.78, 5) is 0.0643. The number of para-hydroxylation sites is 2. The maximum atomic E-state index is 13.1. The highest BCUT2D eigenvalue weighted by molar-refractivity contribution is 7.89. The Kier molecular flexibility index (Phi) is 6.31. The molecule has 0 aliphatic heterocycles. The molecule has 1 aromatic heterocycles. The molecule has 0 radical (unpaired) electrons. The number of aliphatic hydroxyl groups is 2. The Morgan fingerprint density at radius 1 is 0.903 bits per heavy atom. The van der Waals surface area contributed by atoms with Crippen LogP contribution >= 0.6 is 11.6 Å². The van der Waals surface area contributed by atoms with Crippen molar-refractivity contribution in [3.8, 4) is 0 Å². The Balaban J connectivity index is 1.63. The van der Waals surface area contributed by atoms with Gasteiger partial charge in [-0.2, -0.15) is 4.31 Å². The molecule has 4 aromatic rings. The van der Waals surface area contributed by atoms with Gasteiger partial charge >= 0.3 is 0 Å². The highest BCUT2D eigenvalue weighted by Gasteiger charge is 2.27. The Hall–Kier alpha value is -2.42. The standard InChI is InChI=1S/C23H23ClN2O4S/c24-17-9-11-19(12-10-17)31(29,30)25(13-14-27)15-18(28)16-26-22-7-3-1-5-20(22)21-6-2-4-8-23(21)26/h1-12,18,27-28H,13-16H2. The zero-order chi connectivity index (χ0) is 22.0. The molecule has 0 saturated heterocycles. The van der Waals surface area contributed by atoms with Gasteiger partial charge in [-0.3, -0.25) is 0 Å². The van der Waals surface area contributed by atoms with Gasteiger partial charge < -0.3 is 14.8 Å². The Morgan fingerprint density at radius 2 is 1.45 bits per heavy atom. The fourth-order valence-electron chi connectivity index (χ4n) is 3.88. The quantitative estimate of drug-likeness (QED) is 0.423. The number of fused-ring (bicyclic) bond motifs is 3. The molecule has 8 heteroatoms. The van der Waals surface area contributed by atoms with Gasteiger partial charge in [0, 0.05) is 39.9 Å². The van der Waals surface area contributed by atoms with Crippen molar-refractivity contribution >= 4 is 43.4 Å². The van der Waals surface area contributed by atoms with Gasteiger partial charge in [-0.1, -0.05) is 48.0 Å². The fraction of sp³-hybridized carbons (Fsp3) is 0.217. The summed E-state index contributed by atoms with van der Waals surface area (Å²) >= 11 is 5.87. The van der Waals surface area contributed by atoms with Crippen molar-refractivity contribution in [3.05, 3.63) is 77.8 Å². The Bertz CT molecular complexity index is 1250. The van der Waals surface area contributed by atoms with Gasteiger partial charge in [0.15, 0.2) is 0 Å². The summed E-state index contributed by atoms with van der Waals surface area (Å²) in [6.07, 6.45) is -0.979. The second-order valence-corrected chi connectivity index (χ2v) is 9.71. The lowest BCUT2D eigenvalue weighted by Gasteiger charge is -2.24. The van der Waals surface area contributed by atoms with Gasteiger partial charge in [0.25, 0.3) is 0 Å². The molecule has 3 aromatic carbocycles. The van der Waals surface area contributed by atoms with Crippen molar-refractivity contribution in [2.24, 2.45) is 0 Å². The van der Waals surface area contributed by atoms with E-state index in [2.05, 4.69) is 0 Å². The van der Waals surface area contributed by atoms with Crippen LogP contribution in [0.5, 0.6) is 0 Å². The van der Waals surface area contributed by atoms with E-state index >= 15 is 0 Å². The lowest BCUT2D eigenvalue weighted by atomic mass is 10.2. The molecule has 2 N–H and O–H groups in total. The van der Waals surface area contributed by atoms with Crippen molar-refractivity contribution < 1.29 is 18.6 Å². The normalized spacial score (nSPS) is 13.3. The Morgan fingerprint density at radius 3 is 2.00 bits per heavy atom. The van der Waals surface area contributed by atoms with Crippen LogP contribution in [0.15, 0.2) is 77.7 Å². The maximum absolute atomic E-state index is 13.1. The van der Waals surface area contributed by atoms with E-state index in [-0.39, 0.29) is 31.1 Å². The summed E-state index contributed by atoms with van der Waals surface area (Å²) in [6, 6.07) is 21.7. The highest BCUT2D eigenvalue weighted by Crippen LogP contribution is 2.29. The van der Waals surface area contributed by atoms with E-state index in [0.717, 1.165) is 26.1 Å². The number of hydrogen-bond acceptors (Lipinski definition) is 4. The van der Waals surface area contributed by atoms with Crippen LogP contribution in [0.3, 0.4) is 0 Å². The van der Waals surface area contributed by atoms with Crippen LogP contribution in [0.4, 0.5) is 0 Å². The minimum absolute atomic E-state index is 0.0643. The lowest BCUT2D eigenvalue weighted by Crippen LogP contribution is -2.40. The van der Waals surface area contributed by atoms with Crippen LogP contribution in [0.1, 0.15) is 0 Å². The van der Waals surface area contributed by atoms with Gasteiger partial charge in [0.2, 0.25) is 10.0 Å². The Labute approximate surface area is 186 Å². The number of hydrogen-bond donors (Lipinski definition) is 2. The number of nitrogens with zero attached hydrogens (tertiary/aromatic N) is 2. The minimum Gasteiger partial charge on any atom is -0.395 e. The molecule has 162 valence electrons. The van der Waals surface area contributed by atoms with E-state index < -0.39 is 16.1 Å². The zero-order valence-electron chi connectivity index (χ0n) is 16.7. The van der Waals surface area contributed by atoms with Crippen LogP contribution in [-0.4, -0.2) is 53.3 Å². The summed E-state index contributed by atoms with van der Waals surface area (Å²) < 4.78 is 29.2. The van der Waals surface area contributed by atoms with Crippen molar-refractivity contribution in [1.82, 2.24) is 8.87 Å². The average molecular weight is 459 g/mol. The van der Waals surface area contributed by atoms with Crippen LogP contribution in [0.2, 0.25) is 5.02 Å². The van der Waals surface area contributed by atoms with Crippen molar-refractivity contribution in [2.45, 2.75) is 17.5 Å². The van der Waals surface area contributed by atoms with Crippen LogP contribution in [0, 0.1) is 0 Å². The molecule has 0 fully saturated rings. The molecule has 0 amide bonds. The number of aromatic nitrogens is 1. The second kappa shape index (κ2) is 8.98. The first-order chi connectivity index (χ1) is 14.9. The van der Waals surface area contributed by atoms with E-state index in [1.807, 2.05) is 53.1 Å². The molecule has 0 saturated carbocycles. The number of halogens is 1. The molecular weight excluding hydrogens is 436 g/mol. The maximum Gasteiger partial charge on any atom is 0.243 e. The predicted molar refractivity (Wildman–Crippen MR) is 123 cm³/mol. The summed E-state index contributed by atoms with van der Waals surface area (Å²) in [7, 11) is -3.89. The molecule has 0 aliphatic carbocycles. The molecular formula is C23H23ClN2O4S. The molecule has 1 atom stereocenters. The first-order valence-electron chi connectivity index (χ1n) is 9.92. The molecule has 31 heavy (non-hydrogen) atoms. The van der Waals surface area contributed by atoms with Crippen molar-refractivity contribution in [3.63, 3.8) is 0 Å². The van der Waals surface area contributed by atoms with Crippen molar-refractivity contribution in [2.75, 3.05) is 19.7 Å². The summed E-state index contributed by atoms with van der Waals surface area (Å²) in [6.45, 7) is -0.400. The predicted octanol–water partition coefficient (Wildman–Crippen LogP) is 3.49.